The summed E-state index contributed by atoms with van der Waals surface area (Å²) in [5, 5.41) is 5.36. The summed E-state index contributed by atoms with van der Waals surface area (Å²) in [6.45, 7) is 1.63. The molecule has 0 saturated carbocycles. The second-order valence-electron chi connectivity index (χ2n) is 5.07. The van der Waals surface area contributed by atoms with Crippen molar-refractivity contribution in [2.45, 2.75) is 13.1 Å². The van der Waals surface area contributed by atoms with Crippen molar-refractivity contribution in [2.24, 2.45) is 0 Å². The van der Waals surface area contributed by atoms with Gasteiger partial charge in [0, 0.05) is 5.02 Å². The van der Waals surface area contributed by atoms with Gasteiger partial charge in [-0.25, -0.2) is 0 Å². The average molecular weight is 377 g/mol. The molecule has 0 spiro atoms. The van der Waals surface area contributed by atoms with Gasteiger partial charge in [-0.15, -0.1) is 0 Å². The highest BCUT2D eigenvalue weighted by molar-refractivity contribution is 6.33. The minimum Gasteiger partial charge on any atom is -0.375 e. The largest absolute Gasteiger partial charge is 0.418 e. The first-order chi connectivity index (χ1) is 11.2. The van der Waals surface area contributed by atoms with E-state index in [0.717, 1.165) is 17.7 Å². The number of nitrogens with one attached hydrogen (secondary N) is 2. The average Bonchev–Trinajstić information content (AvgIpc) is 2.47. The third kappa shape index (κ3) is 4.79. The fourth-order valence-corrected chi connectivity index (χ4v) is 2.47. The van der Waals surface area contributed by atoms with Crippen LogP contribution in [-0.4, -0.2) is 12.5 Å². The maximum absolute atomic E-state index is 13.0. The molecule has 24 heavy (non-hydrogen) atoms. The molecule has 0 atom stereocenters. The highest BCUT2D eigenvalue weighted by Crippen LogP contribution is 2.36. The zero-order valence-corrected chi connectivity index (χ0v) is 14.0. The van der Waals surface area contributed by atoms with E-state index in [1.165, 1.54) is 6.07 Å². The number of hydrogen-bond donors (Lipinski definition) is 2. The summed E-state index contributed by atoms with van der Waals surface area (Å²) < 4.78 is 38.9. The second-order valence-corrected chi connectivity index (χ2v) is 5.92. The molecule has 0 radical (unpaired) electrons. The maximum Gasteiger partial charge on any atom is 0.418 e. The standard InChI is InChI=1S/C16H13Cl2F3N2O/c1-9-2-4-14(12(18)6-9)22-8-15(24)23-13-5-3-10(17)7-11(13)16(19,20)21/h2-7,22H,8H2,1H3,(H,23,24). The lowest BCUT2D eigenvalue weighted by molar-refractivity contribution is -0.137. The van der Waals surface area contributed by atoms with Crippen molar-refractivity contribution in [2.75, 3.05) is 17.2 Å². The minimum atomic E-state index is -4.62. The van der Waals surface area contributed by atoms with E-state index in [-0.39, 0.29) is 17.3 Å². The van der Waals surface area contributed by atoms with Gasteiger partial charge in [-0.1, -0.05) is 29.3 Å². The molecule has 2 aromatic carbocycles. The summed E-state index contributed by atoms with van der Waals surface area (Å²) in [4.78, 5) is 11.9. The molecule has 0 heterocycles. The van der Waals surface area contributed by atoms with E-state index >= 15 is 0 Å². The van der Waals surface area contributed by atoms with Crippen LogP contribution in [0.2, 0.25) is 10.0 Å². The van der Waals surface area contributed by atoms with Crippen molar-refractivity contribution in [3.63, 3.8) is 0 Å². The normalized spacial score (nSPS) is 11.2. The van der Waals surface area contributed by atoms with Gasteiger partial charge in [0.15, 0.2) is 0 Å². The van der Waals surface area contributed by atoms with Crippen molar-refractivity contribution in [1.82, 2.24) is 0 Å². The van der Waals surface area contributed by atoms with Crippen LogP contribution >= 0.6 is 23.2 Å². The lowest BCUT2D eigenvalue weighted by atomic mass is 10.1. The van der Waals surface area contributed by atoms with Crippen LogP contribution in [0.1, 0.15) is 11.1 Å². The minimum absolute atomic E-state index is 0.0649. The number of benzene rings is 2. The summed E-state index contributed by atoms with van der Waals surface area (Å²) in [7, 11) is 0. The molecule has 0 unspecified atom stereocenters. The summed E-state index contributed by atoms with van der Waals surface area (Å²) in [6.07, 6.45) is -4.62. The highest BCUT2D eigenvalue weighted by atomic mass is 35.5. The van der Waals surface area contributed by atoms with Gasteiger partial charge in [0.25, 0.3) is 0 Å². The summed E-state index contributed by atoms with van der Waals surface area (Å²) in [5.74, 6) is -0.639. The number of halogens is 5. The van der Waals surface area contributed by atoms with Gasteiger partial charge in [-0.3, -0.25) is 4.79 Å². The number of rotatable bonds is 4. The number of aryl methyl sites for hydroxylation is 1. The Hall–Kier alpha value is -1.92. The van der Waals surface area contributed by atoms with Crippen LogP contribution in [0.4, 0.5) is 24.5 Å². The van der Waals surface area contributed by atoms with Gasteiger partial charge in [0.1, 0.15) is 0 Å². The van der Waals surface area contributed by atoms with Gasteiger partial charge >= 0.3 is 6.18 Å². The Morgan fingerprint density at radius 1 is 1.08 bits per heavy atom. The smallest absolute Gasteiger partial charge is 0.375 e. The molecule has 0 saturated heterocycles. The number of hydrogen-bond acceptors (Lipinski definition) is 2. The number of carbonyl (C=O) groups excluding carboxylic acids is 1. The van der Waals surface area contributed by atoms with Crippen molar-refractivity contribution >= 4 is 40.5 Å². The SMILES string of the molecule is Cc1ccc(NCC(=O)Nc2ccc(Cl)cc2C(F)(F)F)c(Cl)c1. The topological polar surface area (TPSA) is 41.1 Å². The Morgan fingerprint density at radius 3 is 2.38 bits per heavy atom. The summed E-state index contributed by atoms with van der Waals surface area (Å²) in [5.41, 5.74) is 0.112. The Balaban J connectivity index is 2.08. The van der Waals surface area contributed by atoms with E-state index < -0.39 is 17.6 Å². The second kappa shape index (κ2) is 7.32. The van der Waals surface area contributed by atoms with Gasteiger partial charge in [0.2, 0.25) is 5.91 Å². The molecular formula is C16H13Cl2F3N2O. The molecule has 3 nitrogen and oxygen atoms in total. The van der Waals surface area contributed by atoms with E-state index in [0.29, 0.717) is 10.7 Å². The number of anilines is 2. The van der Waals surface area contributed by atoms with Gasteiger partial charge in [-0.05, 0) is 42.8 Å². The number of amides is 1. The van der Waals surface area contributed by atoms with Crippen LogP contribution in [0.5, 0.6) is 0 Å². The first-order valence-electron chi connectivity index (χ1n) is 6.83. The van der Waals surface area contributed by atoms with Crippen LogP contribution in [0, 0.1) is 6.92 Å². The molecule has 2 aromatic rings. The number of alkyl halides is 3. The zero-order valence-electron chi connectivity index (χ0n) is 12.5. The maximum atomic E-state index is 13.0. The van der Waals surface area contributed by atoms with Crippen molar-refractivity contribution < 1.29 is 18.0 Å². The molecule has 128 valence electrons. The van der Waals surface area contributed by atoms with E-state index in [1.54, 1.807) is 18.2 Å². The van der Waals surface area contributed by atoms with Crippen LogP contribution < -0.4 is 10.6 Å². The van der Waals surface area contributed by atoms with Crippen LogP contribution in [0.3, 0.4) is 0 Å². The molecule has 0 fully saturated rings. The van der Waals surface area contributed by atoms with Gasteiger partial charge < -0.3 is 10.6 Å². The van der Waals surface area contributed by atoms with Crippen LogP contribution in [0.25, 0.3) is 0 Å². The molecule has 0 bridgehead atoms. The van der Waals surface area contributed by atoms with Gasteiger partial charge in [-0.2, -0.15) is 13.2 Å². The van der Waals surface area contributed by atoms with Crippen LogP contribution in [0.15, 0.2) is 36.4 Å². The molecule has 0 aliphatic carbocycles. The van der Waals surface area contributed by atoms with Gasteiger partial charge in [0.05, 0.1) is 28.5 Å². The van der Waals surface area contributed by atoms with Crippen molar-refractivity contribution in [1.29, 1.82) is 0 Å². The monoisotopic (exact) mass is 376 g/mol. The van der Waals surface area contributed by atoms with E-state index in [1.807, 2.05) is 6.92 Å². The fraction of sp³-hybridized carbons (Fsp3) is 0.188. The predicted octanol–water partition coefficient (Wildman–Crippen LogP) is 5.37. The molecule has 0 aliphatic rings. The lowest BCUT2D eigenvalue weighted by Gasteiger charge is -2.15. The first kappa shape index (κ1) is 18.4. The molecule has 0 aromatic heterocycles. The van der Waals surface area contributed by atoms with E-state index in [9.17, 15) is 18.0 Å². The van der Waals surface area contributed by atoms with E-state index in [4.69, 9.17) is 23.2 Å². The lowest BCUT2D eigenvalue weighted by Crippen LogP contribution is -2.23. The third-order valence-corrected chi connectivity index (χ3v) is 3.67. The molecule has 2 rings (SSSR count). The Bertz CT molecular complexity index is 763. The Labute approximate surface area is 146 Å². The quantitative estimate of drug-likeness (QED) is 0.752. The number of carbonyl (C=O) groups is 1. The fourth-order valence-electron chi connectivity index (χ4n) is 1.99. The Morgan fingerprint density at radius 2 is 1.75 bits per heavy atom. The van der Waals surface area contributed by atoms with Crippen molar-refractivity contribution in [3.8, 4) is 0 Å². The molecular weight excluding hydrogens is 364 g/mol. The van der Waals surface area contributed by atoms with E-state index in [2.05, 4.69) is 10.6 Å². The molecule has 0 aliphatic heterocycles. The molecule has 8 heteroatoms. The molecule has 1 amide bonds. The predicted molar refractivity (Wildman–Crippen MR) is 89.8 cm³/mol. The third-order valence-electron chi connectivity index (χ3n) is 3.13. The first-order valence-corrected chi connectivity index (χ1v) is 7.59. The Kier molecular flexibility index (Phi) is 5.62. The molecule has 2 N–H and O–H groups in total. The summed E-state index contributed by atoms with van der Waals surface area (Å²) in [6, 6.07) is 8.35. The zero-order chi connectivity index (χ0) is 17.9. The highest BCUT2D eigenvalue weighted by Gasteiger charge is 2.34. The van der Waals surface area contributed by atoms with Crippen molar-refractivity contribution in [3.05, 3.63) is 57.6 Å². The van der Waals surface area contributed by atoms with Crippen LogP contribution in [-0.2, 0) is 11.0 Å². The summed E-state index contributed by atoms with van der Waals surface area (Å²) >= 11 is 11.6.